The van der Waals surface area contributed by atoms with Crippen LogP contribution in [0, 0.1) is 0 Å². The zero-order valence-electron chi connectivity index (χ0n) is 10.5. The number of anilines is 1. The zero-order chi connectivity index (χ0) is 13.3. The highest BCUT2D eigenvalue weighted by molar-refractivity contribution is 6.32. The lowest BCUT2D eigenvalue weighted by Gasteiger charge is -2.12. The van der Waals surface area contributed by atoms with Crippen molar-refractivity contribution in [2.45, 2.75) is 6.92 Å². The molecule has 4 nitrogen and oxygen atoms in total. The van der Waals surface area contributed by atoms with Crippen molar-refractivity contribution in [3.63, 3.8) is 0 Å². The van der Waals surface area contributed by atoms with E-state index >= 15 is 0 Å². The normalized spacial score (nSPS) is 17.3. The number of halogens is 1. The van der Waals surface area contributed by atoms with Crippen molar-refractivity contribution >= 4 is 28.9 Å². The molecular formula is C13H14ClN3O. The van der Waals surface area contributed by atoms with Crippen LogP contribution < -0.4 is 5.01 Å². The summed E-state index contributed by atoms with van der Waals surface area (Å²) in [5, 5.41) is 6.22. The highest BCUT2D eigenvalue weighted by Gasteiger charge is 2.28. The van der Waals surface area contributed by atoms with E-state index in [4.69, 9.17) is 11.6 Å². The summed E-state index contributed by atoms with van der Waals surface area (Å²) in [5.41, 5.74) is 1.97. The molecule has 5 heteroatoms. The van der Waals surface area contributed by atoms with Gasteiger partial charge in [0, 0.05) is 25.3 Å². The van der Waals surface area contributed by atoms with Crippen molar-refractivity contribution in [1.82, 2.24) is 4.90 Å². The summed E-state index contributed by atoms with van der Waals surface area (Å²) in [6.07, 6.45) is 1.77. The van der Waals surface area contributed by atoms with Crippen LogP contribution in [0.3, 0.4) is 0 Å². The molecular weight excluding hydrogens is 250 g/mol. The molecule has 0 spiro atoms. The van der Waals surface area contributed by atoms with Gasteiger partial charge in [-0.15, -0.1) is 0 Å². The number of amides is 1. The van der Waals surface area contributed by atoms with Crippen LogP contribution in [0.2, 0.25) is 5.02 Å². The van der Waals surface area contributed by atoms with E-state index < -0.39 is 0 Å². The number of carbonyl (C=O) groups excluding carboxylic acids is 1. The van der Waals surface area contributed by atoms with Crippen molar-refractivity contribution in [2.75, 3.05) is 19.1 Å². The topological polar surface area (TPSA) is 35.9 Å². The maximum Gasteiger partial charge on any atom is 0.282 e. The Morgan fingerprint density at radius 2 is 2.11 bits per heavy atom. The van der Waals surface area contributed by atoms with Crippen molar-refractivity contribution in [3.05, 3.63) is 41.1 Å². The van der Waals surface area contributed by atoms with Gasteiger partial charge in [-0.05, 0) is 25.1 Å². The highest BCUT2D eigenvalue weighted by atomic mass is 35.5. The molecule has 0 saturated heterocycles. The summed E-state index contributed by atoms with van der Waals surface area (Å²) in [5.74, 6) is -0.136. The molecule has 94 valence electrons. The van der Waals surface area contributed by atoms with Crippen LogP contribution in [0.5, 0.6) is 0 Å². The number of hydrogen-bond donors (Lipinski definition) is 0. The quantitative estimate of drug-likeness (QED) is 0.769. The Kier molecular flexibility index (Phi) is 3.39. The van der Waals surface area contributed by atoms with E-state index in [2.05, 4.69) is 5.10 Å². The first kappa shape index (κ1) is 12.6. The zero-order valence-corrected chi connectivity index (χ0v) is 11.3. The molecule has 0 unspecified atom stereocenters. The predicted octanol–water partition coefficient (Wildman–Crippen LogP) is 2.51. The summed E-state index contributed by atoms with van der Waals surface area (Å²) in [7, 11) is 3.74. The predicted molar refractivity (Wildman–Crippen MR) is 73.8 cm³/mol. The third-order valence-corrected chi connectivity index (χ3v) is 2.74. The molecule has 1 aromatic rings. The lowest BCUT2D eigenvalue weighted by atomic mass is 10.2. The minimum absolute atomic E-state index is 0.136. The molecule has 0 saturated carbocycles. The van der Waals surface area contributed by atoms with Gasteiger partial charge in [0.25, 0.3) is 5.91 Å². The molecule has 2 rings (SSSR count). The van der Waals surface area contributed by atoms with Gasteiger partial charge in [0.15, 0.2) is 0 Å². The second-order valence-corrected chi connectivity index (χ2v) is 4.73. The summed E-state index contributed by atoms with van der Waals surface area (Å²) < 4.78 is 0. The third-order valence-electron chi connectivity index (χ3n) is 2.50. The van der Waals surface area contributed by atoms with Gasteiger partial charge >= 0.3 is 0 Å². The van der Waals surface area contributed by atoms with Crippen LogP contribution in [0.25, 0.3) is 0 Å². The highest BCUT2D eigenvalue weighted by Crippen LogP contribution is 2.25. The molecule has 0 fully saturated rings. The van der Waals surface area contributed by atoms with Crippen molar-refractivity contribution in [1.29, 1.82) is 0 Å². The van der Waals surface area contributed by atoms with Crippen molar-refractivity contribution in [2.24, 2.45) is 5.10 Å². The Morgan fingerprint density at radius 3 is 2.72 bits per heavy atom. The number of benzene rings is 1. The van der Waals surface area contributed by atoms with Crippen LogP contribution in [0.1, 0.15) is 6.92 Å². The average molecular weight is 264 g/mol. The summed E-state index contributed by atoms with van der Waals surface area (Å²) in [6, 6.07) is 7.08. The molecule has 0 atom stereocenters. The van der Waals surface area contributed by atoms with Gasteiger partial charge in [-0.1, -0.05) is 17.7 Å². The lowest BCUT2D eigenvalue weighted by Crippen LogP contribution is -2.22. The molecule has 0 bridgehead atoms. The Morgan fingerprint density at radius 1 is 1.39 bits per heavy atom. The third kappa shape index (κ3) is 2.38. The molecule has 1 aromatic carbocycles. The van der Waals surface area contributed by atoms with Gasteiger partial charge in [0.05, 0.1) is 17.0 Å². The van der Waals surface area contributed by atoms with Crippen LogP contribution in [0.15, 0.2) is 41.1 Å². The Hall–Kier alpha value is -1.81. The first-order chi connectivity index (χ1) is 8.49. The molecule has 0 radical (unpaired) electrons. The van der Waals surface area contributed by atoms with E-state index in [0.29, 0.717) is 22.0 Å². The molecule has 1 aliphatic rings. The van der Waals surface area contributed by atoms with E-state index in [0.717, 1.165) is 0 Å². The maximum absolute atomic E-state index is 12.2. The standard InChI is InChI=1S/C13H14ClN3O/c1-9-12(8-16(2)3)13(18)17(15-9)11-6-4-5-10(14)7-11/h4-8H,1-3H3. The summed E-state index contributed by atoms with van der Waals surface area (Å²) in [4.78, 5) is 14.1. The number of nitrogens with zero attached hydrogens (tertiary/aromatic N) is 3. The Balaban J connectivity index is 2.37. The molecule has 0 aromatic heterocycles. The van der Waals surface area contributed by atoms with E-state index in [1.807, 2.05) is 25.9 Å². The van der Waals surface area contributed by atoms with Crippen molar-refractivity contribution in [3.8, 4) is 0 Å². The number of hydrogen-bond acceptors (Lipinski definition) is 3. The fourth-order valence-electron chi connectivity index (χ4n) is 1.71. The van der Waals surface area contributed by atoms with Crippen molar-refractivity contribution < 1.29 is 4.79 Å². The largest absolute Gasteiger partial charge is 0.383 e. The second-order valence-electron chi connectivity index (χ2n) is 4.29. The van der Waals surface area contributed by atoms with Gasteiger partial charge in [-0.2, -0.15) is 10.1 Å². The minimum atomic E-state index is -0.136. The lowest BCUT2D eigenvalue weighted by molar-refractivity contribution is -0.114. The van der Waals surface area contributed by atoms with Gasteiger partial charge in [-0.25, -0.2) is 0 Å². The Bertz CT molecular complexity index is 549. The van der Waals surface area contributed by atoms with Crippen LogP contribution >= 0.6 is 11.6 Å². The molecule has 0 aliphatic carbocycles. The van der Waals surface area contributed by atoms with E-state index in [1.54, 1.807) is 30.5 Å². The molecule has 1 heterocycles. The number of rotatable bonds is 2. The Labute approximate surface area is 111 Å². The van der Waals surface area contributed by atoms with Gasteiger partial charge < -0.3 is 4.90 Å². The first-order valence-electron chi connectivity index (χ1n) is 5.53. The number of hydrazone groups is 1. The minimum Gasteiger partial charge on any atom is -0.383 e. The van der Waals surface area contributed by atoms with E-state index in [1.165, 1.54) is 5.01 Å². The van der Waals surface area contributed by atoms with Gasteiger partial charge in [0.1, 0.15) is 0 Å². The maximum atomic E-state index is 12.2. The summed E-state index contributed by atoms with van der Waals surface area (Å²) in [6.45, 7) is 1.82. The second kappa shape index (κ2) is 4.82. The van der Waals surface area contributed by atoms with Gasteiger partial charge in [0.2, 0.25) is 0 Å². The van der Waals surface area contributed by atoms with Crippen LogP contribution in [-0.4, -0.2) is 30.6 Å². The molecule has 1 amide bonds. The summed E-state index contributed by atoms with van der Waals surface area (Å²) >= 11 is 5.92. The van der Waals surface area contributed by atoms with E-state index in [-0.39, 0.29) is 5.91 Å². The SMILES string of the molecule is CC1=NN(c2cccc(Cl)c2)C(=O)C1=CN(C)C. The van der Waals surface area contributed by atoms with E-state index in [9.17, 15) is 4.79 Å². The fraction of sp³-hybridized carbons (Fsp3) is 0.231. The molecule has 18 heavy (non-hydrogen) atoms. The van der Waals surface area contributed by atoms with Gasteiger partial charge in [-0.3, -0.25) is 4.79 Å². The van der Waals surface area contributed by atoms with Crippen LogP contribution in [-0.2, 0) is 4.79 Å². The number of carbonyl (C=O) groups is 1. The van der Waals surface area contributed by atoms with Crippen LogP contribution in [0.4, 0.5) is 5.69 Å². The smallest absolute Gasteiger partial charge is 0.282 e. The average Bonchev–Trinajstić information content (AvgIpc) is 2.56. The molecule has 0 N–H and O–H groups in total. The fourth-order valence-corrected chi connectivity index (χ4v) is 1.89. The monoisotopic (exact) mass is 263 g/mol. The molecule has 1 aliphatic heterocycles. The first-order valence-corrected chi connectivity index (χ1v) is 5.90.